The lowest BCUT2D eigenvalue weighted by atomic mass is 10.0. The first-order valence-corrected chi connectivity index (χ1v) is 9.10. The number of benzene rings is 1. The van der Waals surface area contributed by atoms with Crippen LogP contribution in [0.2, 0.25) is 0 Å². The van der Waals surface area contributed by atoms with E-state index >= 15 is 0 Å². The first kappa shape index (κ1) is 19.9. The van der Waals surface area contributed by atoms with Crippen LogP contribution >= 0.6 is 0 Å². The van der Waals surface area contributed by atoms with Crippen LogP contribution in [0.25, 0.3) is 0 Å². The molecule has 2 aromatic rings. The average molecular weight is 356 g/mol. The van der Waals surface area contributed by atoms with E-state index in [9.17, 15) is 9.90 Å². The molecule has 5 nitrogen and oxygen atoms in total. The Hall–Kier alpha value is -2.40. The van der Waals surface area contributed by atoms with Gasteiger partial charge in [-0.1, -0.05) is 38.0 Å². The van der Waals surface area contributed by atoms with E-state index in [1.165, 1.54) is 0 Å². The summed E-state index contributed by atoms with van der Waals surface area (Å²) in [5.74, 6) is 0.0716. The maximum absolute atomic E-state index is 11.3. The third kappa shape index (κ3) is 5.85. The van der Waals surface area contributed by atoms with E-state index < -0.39 is 12.0 Å². The Kier molecular flexibility index (Phi) is 7.60. The molecule has 140 valence electrons. The summed E-state index contributed by atoms with van der Waals surface area (Å²) in [4.78, 5) is 15.6. The van der Waals surface area contributed by atoms with Crippen molar-refractivity contribution in [2.45, 2.75) is 59.2 Å². The van der Waals surface area contributed by atoms with Crippen molar-refractivity contribution in [3.8, 4) is 5.75 Å². The fourth-order valence-electron chi connectivity index (χ4n) is 2.96. The molecule has 2 N–H and O–H groups in total. The summed E-state index contributed by atoms with van der Waals surface area (Å²) in [6, 6.07) is 9.35. The van der Waals surface area contributed by atoms with E-state index in [-0.39, 0.29) is 0 Å². The minimum Gasteiger partial charge on any atom is -0.487 e. The minimum atomic E-state index is -0.790. The third-order valence-electron chi connectivity index (χ3n) is 4.31. The number of unbranched alkanes of at least 4 members (excludes halogenated alkanes) is 1. The lowest BCUT2D eigenvalue weighted by molar-refractivity contribution is -0.139. The quantitative estimate of drug-likeness (QED) is 0.673. The van der Waals surface area contributed by atoms with E-state index in [2.05, 4.69) is 17.2 Å². The summed E-state index contributed by atoms with van der Waals surface area (Å²) in [7, 11) is 0. The predicted octanol–water partition coefficient (Wildman–Crippen LogP) is 4.01. The molecule has 1 heterocycles. The smallest absolute Gasteiger partial charge is 0.320 e. The maximum atomic E-state index is 11.3. The monoisotopic (exact) mass is 356 g/mol. The summed E-state index contributed by atoms with van der Waals surface area (Å²) in [5.41, 5.74) is 4.03. The molecular formula is C21H28N2O3. The van der Waals surface area contributed by atoms with E-state index in [1.54, 1.807) is 6.20 Å². The molecule has 2 rings (SSSR count). The molecule has 1 aromatic carbocycles. The lowest BCUT2D eigenvalue weighted by Gasteiger charge is -2.17. The van der Waals surface area contributed by atoms with Gasteiger partial charge in [-0.25, -0.2) is 0 Å². The Balaban J connectivity index is 2.00. The third-order valence-corrected chi connectivity index (χ3v) is 4.31. The Bertz CT molecular complexity index is 693. The second-order valence-corrected chi connectivity index (χ2v) is 6.58. The summed E-state index contributed by atoms with van der Waals surface area (Å²) in [6.45, 7) is 7.04. The van der Waals surface area contributed by atoms with Gasteiger partial charge in [-0.3, -0.25) is 9.78 Å². The average Bonchev–Trinajstić information content (AvgIpc) is 2.61. The van der Waals surface area contributed by atoms with Gasteiger partial charge in [0.1, 0.15) is 18.4 Å². The molecule has 0 saturated heterocycles. The van der Waals surface area contributed by atoms with Gasteiger partial charge in [-0.15, -0.1) is 0 Å². The number of aliphatic carboxylic acids is 1. The van der Waals surface area contributed by atoms with Crippen LogP contribution in [-0.4, -0.2) is 22.1 Å². The van der Waals surface area contributed by atoms with Crippen LogP contribution in [0.3, 0.4) is 0 Å². The van der Waals surface area contributed by atoms with Crippen LogP contribution in [0.15, 0.2) is 36.5 Å². The number of pyridine rings is 1. The van der Waals surface area contributed by atoms with Crippen molar-refractivity contribution in [3.63, 3.8) is 0 Å². The molecule has 0 bridgehead atoms. The SMILES string of the molecule is CCCCC(NCc1cc(C)c(OCc2ccccn2)c(C)c1)C(=O)O. The number of aromatic nitrogens is 1. The van der Waals surface area contributed by atoms with Gasteiger partial charge in [0.15, 0.2) is 0 Å². The molecule has 0 aliphatic carbocycles. The summed E-state index contributed by atoms with van der Waals surface area (Å²) in [6.07, 6.45) is 4.30. The molecule has 0 amide bonds. The summed E-state index contributed by atoms with van der Waals surface area (Å²) < 4.78 is 5.95. The van der Waals surface area contributed by atoms with E-state index in [4.69, 9.17) is 4.74 Å². The van der Waals surface area contributed by atoms with Crippen molar-refractivity contribution in [2.75, 3.05) is 0 Å². The van der Waals surface area contributed by atoms with Gasteiger partial charge in [0.05, 0.1) is 5.69 Å². The number of nitrogens with zero attached hydrogens (tertiary/aromatic N) is 1. The molecule has 5 heteroatoms. The van der Waals surface area contributed by atoms with Gasteiger partial charge in [0, 0.05) is 12.7 Å². The van der Waals surface area contributed by atoms with Crippen LogP contribution < -0.4 is 10.1 Å². The topological polar surface area (TPSA) is 71.5 Å². The predicted molar refractivity (Wildman–Crippen MR) is 102 cm³/mol. The number of rotatable bonds is 10. The van der Waals surface area contributed by atoms with Gasteiger partial charge < -0.3 is 15.2 Å². The minimum absolute atomic E-state index is 0.429. The molecule has 0 saturated carbocycles. The largest absolute Gasteiger partial charge is 0.487 e. The highest BCUT2D eigenvalue weighted by molar-refractivity contribution is 5.73. The maximum Gasteiger partial charge on any atom is 0.320 e. The van der Waals surface area contributed by atoms with Crippen molar-refractivity contribution in [1.82, 2.24) is 10.3 Å². The van der Waals surface area contributed by atoms with E-state index in [0.717, 1.165) is 41.0 Å². The molecule has 1 atom stereocenters. The van der Waals surface area contributed by atoms with Gasteiger partial charge in [0.25, 0.3) is 0 Å². The van der Waals surface area contributed by atoms with E-state index in [1.807, 2.05) is 44.2 Å². The number of carboxylic acids is 1. The first-order chi connectivity index (χ1) is 12.5. The van der Waals surface area contributed by atoms with Crippen LogP contribution in [0, 0.1) is 13.8 Å². The van der Waals surface area contributed by atoms with Crippen molar-refractivity contribution < 1.29 is 14.6 Å². The van der Waals surface area contributed by atoms with E-state index in [0.29, 0.717) is 19.6 Å². The van der Waals surface area contributed by atoms with Gasteiger partial charge >= 0.3 is 5.97 Å². The van der Waals surface area contributed by atoms with Crippen molar-refractivity contribution in [1.29, 1.82) is 0 Å². The first-order valence-electron chi connectivity index (χ1n) is 9.10. The molecule has 0 fully saturated rings. The highest BCUT2D eigenvalue weighted by atomic mass is 16.5. The van der Waals surface area contributed by atoms with Gasteiger partial charge in [0.2, 0.25) is 0 Å². The normalized spacial score (nSPS) is 12.0. The highest BCUT2D eigenvalue weighted by Crippen LogP contribution is 2.25. The van der Waals surface area contributed by atoms with Crippen molar-refractivity contribution in [2.24, 2.45) is 0 Å². The Labute approximate surface area is 155 Å². The van der Waals surface area contributed by atoms with Crippen LogP contribution in [0.5, 0.6) is 5.75 Å². The second-order valence-electron chi connectivity index (χ2n) is 6.58. The lowest BCUT2D eigenvalue weighted by Crippen LogP contribution is -2.36. The fourth-order valence-corrected chi connectivity index (χ4v) is 2.96. The zero-order valence-corrected chi connectivity index (χ0v) is 15.8. The molecule has 1 unspecified atom stereocenters. The number of hydrogen-bond acceptors (Lipinski definition) is 4. The Morgan fingerprint density at radius 1 is 1.27 bits per heavy atom. The number of carboxylic acid groups (broad SMARTS) is 1. The second kappa shape index (κ2) is 9.92. The van der Waals surface area contributed by atoms with Crippen molar-refractivity contribution >= 4 is 5.97 Å². The molecule has 0 radical (unpaired) electrons. The molecule has 0 spiro atoms. The number of ether oxygens (including phenoxy) is 1. The van der Waals surface area contributed by atoms with Gasteiger partial charge in [-0.2, -0.15) is 0 Å². The van der Waals surface area contributed by atoms with Crippen LogP contribution in [0.4, 0.5) is 0 Å². The number of hydrogen-bond donors (Lipinski definition) is 2. The number of aryl methyl sites for hydroxylation is 2. The summed E-state index contributed by atoms with van der Waals surface area (Å²) in [5, 5.41) is 12.5. The van der Waals surface area contributed by atoms with Gasteiger partial charge in [-0.05, 0) is 49.1 Å². The Morgan fingerprint density at radius 2 is 2.00 bits per heavy atom. The number of carbonyl (C=O) groups is 1. The van der Waals surface area contributed by atoms with Crippen molar-refractivity contribution in [3.05, 3.63) is 58.9 Å². The van der Waals surface area contributed by atoms with Crippen LogP contribution in [-0.2, 0) is 17.9 Å². The summed E-state index contributed by atoms with van der Waals surface area (Å²) >= 11 is 0. The molecular weight excluding hydrogens is 328 g/mol. The van der Waals surface area contributed by atoms with Crippen LogP contribution in [0.1, 0.15) is 48.6 Å². The highest BCUT2D eigenvalue weighted by Gasteiger charge is 2.16. The fraction of sp³-hybridized carbons (Fsp3) is 0.429. The molecule has 0 aliphatic heterocycles. The Morgan fingerprint density at radius 3 is 2.58 bits per heavy atom. The molecule has 1 aromatic heterocycles. The molecule has 26 heavy (non-hydrogen) atoms. The standard InChI is InChI=1S/C21H28N2O3/c1-4-5-9-19(21(24)25)23-13-17-11-15(2)20(16(3)12-17)26-14-18-8-6-7-10-22-18/h6-8,10-12,19,23H,4-5,9,13-14H2,1-3H3,(H,24,25). The number of nitrogens with one attached hydrogen (secondary N) is 1. The zero-order valence-electron chi connectivity index (χ0n) is 15.8. The molecule has 0 aliphatic rings. The zero-order chi connectivity index (χ0) is 18.9.